The van der Waals surface area contributed by atoms with Crippen LogP contribution in [0.15, 0.2) is 47.7 Å². The molecule has 1 amide bonds. The highest BCUT2D eigenvalue weighted by atomic mass is 16.5. The van der Waals surface area contributed by atoms with Gasteiger partial charge >= 0.3 is 0 Å². The summed E-state index contributed by atoms with van der Waals surface area (Å²) in [6.45, 7) is -0.159. The van der Waals surface area contributed by atoms with E-state index in [1.165, 1.54) is 12.4 Å². The molecule has 0 fully saturated rings. The number of hydrazone groups is 1. The van der Waals surface area contributed by atoms with Gasteiger partial charge in [0, 0.05) is 11.8 Å². The van der Waals surface area contributed by atoms with Crippen LogP contribution in [0.4, 0.5) is 0 Å². The van der Waals surface area contributed by atoms with Gasteiger partial charge in [0.25, 0.3) is 5.91 Å². The third kappa shape index (κ3) is 3.87. The lowest BCUT2D eigenvalue weighted by molar-refractivity contribution is 0.0954. The fourth-order valence-electron chi connectivity index (χ4n) is 1.65. The molecule has 0 aliphatic carbocycles. The number of amides is 1. The van der Waals surface area contributed by atoms with Crippen LogP contribution in [-0.2, 0) is 6.61 Å². The SMILES string of the molecule is COc1ccccc1/C=N/NC(=O)c1ccc(CO)nc1. The van der Waals surface area contributed by atoms with E-state index in [0.717, 1.165) is 5.56 Å². The van der Waals surface area contributed by atoms with Crippen LogP contribution in [0.2, 0.25) is 0 Å². The van der Waals surface area contributed by atoms with Gasteiger partial charge in [0.05, 0.1) is 31.2 Å². The van der Waals surface area contributed by atoms with E-state index in [0.29, 0.717) is 17.0 Å². The Kier molecular flexibility index (Phi) is 5.00. The highest BCUT2D eigenvalue weighted by Gasteiger charge is 2.04. The Morgan fingerprint density at radius 3 is 2.86 bits per heavy atom. The maximum atomic E-state index is 11.8. The molecule has 0 radical (unpaired) electrons. The molecule has 1 heterocycles. The maximum absolute atomic E-state index is 11.8. The van der Waals surface area contributed by atoms with E-state index in [1.807, 2.05) is 18.2 Å². The molecule has 0 bridgehead atoms. The zero-order valence-corrected chi connectivity index (χ0v) is 11.5. The Balaban J connectivity index is 2.01. The second-order valence-corrected chi connectivity index (χ2v) is 4.14. The third-order valence-corrected chi connectivity index (χ3v) is 2.76. The van der Waals surface area contributed by atoms with Crippen molar-refractivity contribution in [3.05, 3.63) is 59.4 Å². The third-order valence-electron chi connectivity index (χ3n) is 2.76. The van der Waals surface area contributed by atoms with Gasteiger partial charge in [-0.25, -0.2) is 5.43 Å². The Morgan fingerprint density at radius 2 is 2.19 bits per heavy atom. The minimum Gasteiger partial charge on any atom is -0.496 e. The number of aromatic nitrogens is 1. The van der Waals surface area contributed by atoms with E-state index in [9.17, 15) is 4.79 Å². The summed E-state index contributed by atoms with van der Waals surface area (Å²) in [6, 6.07) is 10.5. The van der Waals surface area contributed by atoms with Crippen molar-refractivity contribution in [1.82, 2.24) is 10.4 Å². The van der Waals surface area contributed by atoms with Crippen LogP contribution in [-0.4, -0.2) is 29.3 Å². The molecule has 0 spiro atoms. The lowest BCUT2D eigenvalue weighted by Gasteiger charge is -2.03. The fraction of sp³-hybridized carbons (Fsp3) is 0.133. The van der Waals surface area contributed by atoms with Gasteiger partial charge in [-0.1, -0.05) is 12.1 Å². The summed E-state index contributed by atoms with van der Waals surface area (Å²) >= 11 is 0. The number of methoxy groups -OCH3 is 1. The Hall–Kier alpha value is -2.73. The minimum absolute atomic E-state index is 0.159. The van der Waals surface area contributed by atoms with Gasteiger partial charge < -0.3 is 9.84 Å². The molecule has 0 aliphatic rings. The quantitative estimate of drug-likeness (QED) is 0.641. The largest absolute Gasteiger partial charge is 0.496 e. The van der Waals surface area contributed by atoms with Gasteiger partial charge in [0.15, 0.2) is 0 Å². The van der Waals surface area contributed by atoms with E-state index in [-0.39, 0.29) is 12.5 Å². The monoisotopic (exact) mass is 285 g/mol. The van der Waals surface area contributed by atoms with Gasteiger partial charge in [0.2, 0.25) is 0 Å². The van der Waals surface area contributed by atoms with Crippen molar-refractivity contribution >= 4 is 12.1 Å². The Bertz CT molecular complexity index is 639. The predicted octanol–water partition coefficient (Wildman–Crippen LogP) is 1.35. The number of hydrogen-bond acceptors (Lipinski definition) is 5. The van der Waals surface area contributed by atoms with Crippen molar-refractivity contribution in [2.24, 2.45) is 5.10 Å². The summed E-state index contributed by atoms with van der Waals surface area (Å²) in [5, 5.41) is 12.8. The molecule has 2 N–H and O–H groups in total. The zero-order valence-electron chi connectivity index (χ0n) is 11.5. The van der Waals surface area contributed by atoms with Crippen molar-refractivity contribution in [2.45, 2.75) is 6.61 Å². The Labute approximate surface area is 122 Å². The maximum Gasteiger partial charge on any atom is 0.272 e. The number of hydrogen-bond donors (Lipinski definition) is 2. The molecule has 2 rings (SSSR count). The smallest absolute Gasteiger partial charge is 0.272 e. The number of aliphatic hydroxyl groups is 1. The first-order chi connectivity index (χ1) is 10.2. The van der Waals surface area contributed by atoms with Crippen molar-refractivity contribution in [3.8, 4) is 5.75 Å². The van der Waals surface area contributed by atoms with Crippen LogP contribution < -0.4 is 10.2 Å². The van der Waals surface area contributed by atoms with E-state index in [2.05, 4.69) is 15.5 Å². The number of nitrogens with one attached hydrogen (secondary N) is 1. The van der Waals surface area contributed by atoms with Crippen LogP contribution in [0, 0.1) is 0 Å². The molecule has 0 unspecified atom stereocenters. The molecule has 0 atom stereocenters. The molecule has 2 aromatic rings. The molecule has 1 aromatic carbocycles. The number of carbonyl (C=O) groups excluding carboxylic acids is 1. The lowest BCUT2D eigenvalue weighted by Crippen LogP contribution is -2.18. The van der Waals surface area contributed by atoms with E-state index in [1.54, 1.807) is 25.3 Å². The average Bonchev–Trinajstić information content (AvgIpc) is 2.55. The first kappa shape index (κ1) is 14.7. The summed E-state index contributed by atoms with van der Waals surface area (Å²) in [5.74, 6) is 0.294. The van der Waals surface area contributed by atoms with Gasteiger partial charge in [-0.05, 0) is 24.3 Å². The number of pyridine rings is 1. The van der Waals surface area contributed by atoms with Gasteiger partial charge in [-0.3, -0.25) is 9.78 Å². The average molecular weight is 285 g/mol. The number of para-hydroxylation sites is 1. The number of ether oxygens (including phenoxy) is 1. The second-order valence-electron chi connectivity index (χ2n) is 4.14. The summed E-state index contributed by atoms with van der Waals surface area (Å²) in [5.41, 5.74) is 4.04. The van der Waals surface area contributed by atoms with E-state index in [4.69, 9.17) is 9.84 Å². The standard InChI is InChI=1S/C15H15N3O3/c1-21-14-5-3-2-4-11(14)9-17-18-15(20)12-6-7-13(10-19)16-8-12/h2-9,19H,10H2,1H3,(H,18,20)/b17-9+. The lowest BCUT2D eigenvalue weighted by atomic mass is 10.2. The van der Waals surface area contributed by atoms with Crippen molar-refractivity contribution in [1.29, 1.82) is 0 Å². The highest BCUT2D eigenvalue weighted by Crippen LogP contribution is 2.14. The molecule has 108 valence electrons. The molecular weight excluding hydrogens is 270 g/mol. The number of benzene rings is 1. The van der Waals surface area contributed by atoms with Crippen LogP contribution >= 0.6 is 0 Å². The molecular formula is C15H15N3O3. The van der Waals surface area contributed by atoms with Crippen molar-refractivity contribution < 1.29 is 14.6 Å². The minimum atomic E-state index is -0.377. The molecule has 0 saturated heterocycles. The van der Waals surface area contributed by atoms with Crippen LogP contribution in [0.25, 0.3) is 0 Å². The van der Waals surface area contributed by atoms with Crippen LogP contribution in [0.1, 0.15) is 21.6 Å². The number of carbonyl (C=O) groups is 1. The molecule has 6 nitrogen and oxygen atoms in total. The summed E-state index contributed by atoms with van der Waals surface area (Å²) in [7, 11) is 1.57. The molecule has 0 saturated carbocycles. The predicted molar refractivity (Wildman–Crippen MR) is 78.2 cm³/mol. The summed E-state index contributed by atoms with van der Waals surface area (Å²) < 4.78 is 5.18. The van der Waals surface area contributed by atoms with Crippen LogP contribution in [0.3, 0.4) is 0 Å². The van der Waals surface area contributed by atoms with Crippen LogP contribution in [0.5, 0.6) is 5.75 Å². The second kappa shape index (κ2) is 7.16. The first-order valence-corrected chi connectivity index (χ1v) is 6.27. The zero-order chi connectivity index (χ0) is 15.1. The van der Waals surface area contributed by atoms with Crippen molar-refractivity contribution in [3.63, 3.8) is 0 Å². The number of nitrogens with zero attached hydrogens (tertiary/aromatic N) is 2. The van der Waals surface area contributed by atoms with Gasteiger partial charge in [0.1, 0.15) is 5.75 Å². The molecule has 21 heavy (non-hydrogen) atoms. The van der Waals surface area contributed by atoms with E-state index >= 15 is 0 Å². The highest BCUT2D eigenvalue weighted by molar-refractivity contribution is 5.94. The topological polar surface area (TPSA) is 83.8 Å². The van der Waals surface area contributed by atoms with Crippen molar-refractivity contribution in [2.75, 3.05) is 7.11 Å². The molecule has 1 aromatic heterocycles. The first-order valence-electron chi connectivity index (χ1n) is 6.27. The van der Waals surface area contributed by atoms with Gasteiger partial charge in [-0.2, -0.15) is 5.10 Å². The fourth-order valence-corrected chi connectivity index (χ4v) is 1.65. The summed E-state index contributed by atoms with van der Waals surface area (Å²) in [6.07, 6.45) is 2.89. The summed E-state index contributed by atoms with van der Waals surface area (Å²) in [4.78, 5) is 15.8. The normalized spacial score (nSPS) is 10.6. The van der Waals surface area contributed by atoms with E-state index < -0.39 is 0 Å². The molecule has 0 aliphatic heterocycles. The number of aliphatic hydroxyl groups excluding tert-OH is 1. The molecule has 6 heteroatoms. The number of rotatable bonds is 5. The Morgan fingerprint density at radius 1 is 1.38 bits per heavy atom. The van der Waals surface area contributed by atoms with Gasteiger partial charge in [-0.15, -0.1) is 0 Å².